The Balaban J connectivity index is 1.11. The molecule has 1 unspecified atom stereocenters. The molecule has 0 aliphatic heterocycles. The molecule has 0 N–H and O–H groups in total. The quantitative estimate of drug-likeness (QED) is 0.166. The molecule has 3 heteroatoms. The fourth-order valence-electron chi connectivity index (χ4n) is 7.53. The lowest BCUT2D eigenvalue weighted by Crippen LogP contribution is -2.10. The largest absolute Gasteiger partial charge is 0.456 e. The van der Waals surface area contributed by atoms with E-state index in [0.717, 1.165) is 72.7 Å². The van der Waals surface area contributed by atoms with E-state index in [4.69, 9.17) is 8.83 Å². The Kier molecular flexibility index (Phi) is 7.83. The fraction of sp³-hybridized carbons (Fsp3) is 0.167. The van der Waals surface area contributed by atoms with Crippen LogP contribution in [0.4, 0.5) is 0 Å². The molecule has 0 bridgehead atoms. The van der Waals surface area contributed by atoms with Crippen LogP contribution >= 0.6 is 0 Å². The van der Waals surface area contributed by atoms with E-state index in [1.54, 1.807) is 0 Å². The van der Waals surface area contributed by atoms with Crippen LogP contribution in [0.25, 0.3) is 65.7 Å². The lowest BCUT2D eigenvalue weighted by molar-refractivity contribution is 0.401. The van der Waals surface area contributed by atoms with Gasteiger partial charge in [-0.25, -0.2) is 0 Å². The molecule has 0 spiro atoms. The highest BCUT2D eigenvalue weighted by atomic mass is 16.3. The van der Waals surface area contributed by atoms with Crippen molar-refractivity contribution in [2.75, 3.05) is 0 Å². The normalized spacial score (nSPS) is 12.1. The standard InChI is InChI=1S/C48H37NO2/c1-3-5-10-32(4-2)31-49-43-23-19-33(15-17-35-21-25-47-41(29-35)37-11-6-8-13-45(37)50-47)27-39(43)40-28-34(20-24-44(40)49)16-18-36-22-26-48-42(30-36)38-12-7-9-14-46(38)51-48/h6-9,11-14,19-30,32H,3-5,10,31H2,1-2H3. The number of furan rings is 2. The number of benzene rings is 6. The second-order valence-electron chi connectivity index (χ2n) is 13.6. The number of hydrogen-bond acceptors (Lipinski definition) is 2. The van der Waals surface area contributed by atoms with E-state index in [1.165, 1.54) is 47.5 Å². The van der Waals surface area contributed by atoms with E-state index < -0.39 is 0 Å². The Morgan fingerprint density at radius 2 is 0.922 bits per heavy atom. The molecule has 51 heavy (non-hydrogen) atoms. The van der Waals surface area contributed by atoms with Crippen molar-refractivity contribution in [3.63, 3.8) is 0 Å². The van der Waals surface area contributed by atoms with Gasteiger partial charge in [-0.05, 0) is 97.3 Å². The van der Waals surface area contributed by atoms with Crippen LogP contribution in [-0.2, 0) is 6.54 Å². The summed E-state index contributed by atoms with van der Waals surface area (Å²) in [7, 11) is 0. The van der Waals surface area contributed by atoms with Gasteiger partial charge in [0.05, 0.1) is 0 Å². The van der Waals surface area contributed by atoms with Crippen LogP contribution in [0.1, 0.15) is 61.8 Å². The Hall–Kier alpha value is -6.16. The zero-order valence-corrected chi connectivity index (χ0v) is 28.9. The molecule has 0 aliphatic rings. The summed E-state index contributed by atoms with van der Waals surface area (Å²) in [5.74, 6) is 14.4. The summed E-state index contributed by atoms with van der Waals surface area (Å²) in [6.45, 7) is 5.61. The number of rotatable bonds is 6. The first kappa shape index (κ1) is 30.9. The van der Waals surface area contributed by atoms with Gasteiger partial charge < -0.3 is 13.4 Å². The van der Waals surface area contributed by atoms with Gasteiger partial charge in [0.25, 0.3) is 0 Å². The van der Waals surface area contributed by atoms with Gasteiger partial charge in [-0.1, -0.05) is 93.2 Å². The molecule has 3 nitrogen and oxygen atoms in total. The third-order valence-corrected chi connectivity index (χ3v) is 10.3. The summed E-state index contributed by atoms with van der Waals surface area (Å²) in [6, 6.07) is 42.1. The Morgan fingerprint density at radius 3 is 1.39 bits per heavy atom. The van der Waals surface area contributed by atoms with Crippen LogP contribution in [0.5, 0.6) is 0 Å². The number of aromatic nitrogens is 1. The monoisotopic (exact) mass is 659 g/mol. The third kappa shape index (κ3) is 5.72. The van der Waals surface area contributed by atoms with E-state index in [2.05, 4.69) is 103 Å². The highest BCUT2D eigenvalue weighted by Crippen LogP contribution is 2.34. The number of hydrogen-bond donors (Lipinski definition) is 0. The fourth-order valence-corrected chi connectivity index (χ4v) is 7.53. The minimum atomic E-state index is 0.630. The summed E-state index contributed by atoms with van der Waals surface area (Å²) in [6.07, 6.45) is 4.89. The molecule has 9 rings (SSSR count). The van der Waals surface area contributed by atoms with Gasteiger partial charge in [0.15, 0.2) is 0 Å². The third-order valence-electron chi connectivity index (χ3n) is 10.3. The average Bonchev–Trinajstić information content (AvgIpc) is 3.83. The Morgan fingerprint density at radius 1 is 0.490 bits per heavy atom. The second-order valence-corrected chi connectivity index (χ2v) is 13.6. The van der Waals surface area contributed by atoms with Gasteiger partial charge in [0.2, 0.25) is 0 Å². The first-order valence-electron chi connectivity index (χ1n) is 18.1. The van der Waals surface area contributed by atoms with Gasteiger partial charge in [-0.15, -0.1) is 0 Å². The molecule has 9 aromatic rings. The van der Waals surface area contributed by atoms with E-state index in [1.807, 2.05) is 60.7 Å². The molecule has 3 heterocycles. The molecule has 246 valence electrons. The maximum Gasteiger partial charge on any atom is 0.135 e. The molecule has 0 radical (unpaired) electrons. The van der Waals surface area contributed by atoms with E-state index in [-0.39, 0.29) is 0 Å². The first-order chi connectivity index (χ1) is 25.1. The maximum atomic E-state index is 6.04. The number of nitrogens with zero attached hydrogens (tertiary/aromatic N) is 1. The van der Waals surface area contributed by atoms with Gasteiger partial charge in [-0.2, -0.15) is 0 Å². The summed E-state index contributed by atoms with van der Waals surface area (Å²) in [5, 5.41) is 6.85. The predicted molar refractivity (Wildman–Crippen MR) is 212 cm³/mol. The van der Waals surface area contributed by atoms with Crippen LogP contribution in [0, 0.1) is 29.6 Å². The lowest BCUT2D eigenvalue weighted by Gasteiger charge is -2.17. The zero-order chi connectivity index (χ0) is 34.3. The summed E-state index contributed by atoms with van der Waals surface area (Å²) in [5.41, 5.74) is 9.99. The van der Waals surface area contributed by atoms with Crippen LogP contribution in [0.15, 0.2) is 130 Å². The van der Waals surface area contributed by atoms with Gasteiger partial charge in [0, 0.05) is 72.1 Å². The van der Waals surface area contributed by atoms with Gasteiger partial charge in [-0.3, -0.25) is 0 Å². The molecule has 0 aliphatic carbocycles. The van der Waals surface area contributed by atoms with Crippen molar-refractivity contribution in [2.45, 2.75) is 46.1 Å². The predicted octanol–water partition coefficient (Wildman–Crippen LogP) is 12.6. The average molecular weight is 660 g/mol. The van der Waals surface area contributed by atoms with Crippen molar-refractivity contribution in [1.82, 2.24) is 4.57 Å². The molecule has 0 fully saturated rings. The lowest BCUT2D eigenvalue weighted by atomic mass is 9.99. The van der Waals surface area contributed by atoms with E-state index in [9.17, 15) is 0 Å². The highest BCUT2D eigenvalue weighted by Gasteiger charge is 2.16. The summed E-state index contributed by atoms with van der Waals surface area (Å²) in [4.78, 5) is 0. The Bertz CT molecular complexity index is 2700. The molecule has 0 saturated carbocycles. The topological polar surface area (TPSA) is 31.2 Å². The van der Waals surface area contributed by atoms with Crippen molar-refractivity contribution < 1.29 is 8.83 Å². The van der Waals surface area contributed by atoms with Crippen LogP contribution in [0.2, 0.25) is 0 Å². The van der Waals surface area contributed by atoms with Crippen LogP contribution < -0.4 is 0 Å². The van der Waals surface area contributed by atoms with Crippen molar-refractivity contribution in [3.05, 3.63) is 144 Å². The number of para-hydroxylation sites is 2. The molecular formula is C48H37NO2. The maximum absolute atomic E-state index is 6.04. The van der Waals surface area contributed by atoms with Crippen molar-refractivity contribution in [1.29, 1.82) is 0 Å². The molecule has 0 saturated heterocycles. The van der Waals surface area contributed by atoms with E-state index in [0.29, 0.717) is 5.92 Å². The molecule has 0 amide bonds. The van der Waals surface area contributed by atoms with Crippen molar-refractivity contribution >= 4 is 65.7 Å². The Labute approximate surface area is 297 Å². The molecule has 3 aromatic heterocycles. The zero-order valence-electron chi connectivity index (χ0n) is 28.9. The minimum absolute atomic E-state index is 0.630. The minimum Gasteiger partial charge on any atom is -0.456 e. The van der Waals surface area contributed by atoms with Crippen molar-refractivity contribution in [3.8, 4) is 23.7 Å². The highest BCUT2D eigenvalue weighted by molar-refractivity contribution is 6.09. The second kappa shape index (κ2) is 12.9. The van der Waals surface area contributed by atoms with Crippen LogP contribution in [0.3, 0.4) is 0 Å². The summed E-state index contributed by atoms with van der Waals surface area (Å²) < 4.78 is 14.6. The van der Waals surface area contributed by atoms with Gasteiger partial charge >= 0.3 is 0 Å². The van der Waals surface area contributed by atoms with Crippen LogP contribution in [-0.4, -0.2) is 4.57 Å². The first-order valence-corrected chi connectivity index (χ1v) is 18.1. The van der Waals surface area contributed by atoms with Crippen molar-refractivity contribution in [2.24, 2.45) is 5.92 Å². The summed E-state index contributed by atoms with van der Waals surface area (Å²) >= 11 is 0. The SMILES string of the molecule is CCCCC(CC)Cn1c2ccc(C#Cc3ccc4oc5ccccc5c4c3)cc2c2cc(C#Cc3ccc4oc5ccccc5c4c3)ccc21. The van der Waals surface area contributed by atoms with E-state index >= 15 is 0 Å². The number of unbranched alkanes of at least 4 members (excludes halogenated alkanes) is 1. The molecule has 1 atom stereocenters. The molecular weight excluding hydrogens is 623 g/mol. The molecule has 6 aromatic carbocycles. The van der Waals surface area contributed by atoms with Gasteiger partial charge in [0.1, 0.15) is 22.3 Å². The smallest absolute Gasteiger partial charge is 0.135 e. The number of fused-ring (bicyclic) bond motifs is 9.